The van der Waals surface area contributed by atoms with Crippen LogP contribution in [0.5, 0.6) is 5.75 Å². The number of nitrogens with zero attached hydrogens (tertiary/aromatic N) is 2. The molecule has 0 aliphatic heterocycles. The van der Waals surface area contributed by atoms with Gasteiger partial charge in [-0.15, -0.1) is 0 Å². The van der Waals surface area contributed by atoms with Gasteiger partial charge in [0.25, 0.3) is 0 Å². The maximum absolute atomic E-state index is 5.90. The summed E-state index contributed by atoms with van der Waals surface area (Å²) in [5, 5.41) is 6.84. The third kappa shape index (κ3) is 2.05. The zero-order chi connectivity index (χ0) is 14.2. The lowest BCUT2D eigenvalue weighted by Crippen LogP contribution is -1.98. The Morgan fingerprint density at radius 1 is 1.14 bits per heavy atom. The maximum Gasteiger partial charge on any atom is 0.133 e. The van der Waals surface area contributed by atoms with E-state index in [-0.39, 0.29) is 0 Å². The van der Waals surface area contributed by atoms with Gasteiger partial charge in [0, 0.05) is 29.5 Å². The Morgan fingerprint density at radius 2 is 2.05 bits per heavy atom. The fourth-order valence-corrected chi connectivity index (χ4v) is 2.67. The van der Waals surface area contributed by atoms with Crippen molar-refractivity contribution in [1.82, 2.24) is 14.8 Å². The molecule has 4 rings (SSSR count). The van der Waals surface area contributed by atoms with Crippen LogP contribution in [0.3, 0.4) is 0 Å². The first-order chi connectivity index (χ1) is 10.3. The van der Waals surface area contributed by atoms with Crippen molar-refractivity contribution in [2.45, 2.75) is 6.61 Å². The number of H-pyrrole nitrogens is 1. The van der Waals surface area contributed by atoms with Gasteiger partial charge in [-0.25, -0.2) is 0 Å². The van der Waals surface area contributed by atoms with E-state index in [2.05, 4.69) is 22.2 Å². The van der Waals surface area contributed by atoms with Crippen LogP contribution in [0.2, 0.25) is 0 Å². The lowest BCUT2D eigenvalue weighted by molar-refractivity contribution is 0.302. The van der Waals surface area contributed by atoms with Crippen molar-refractivity contribution < 1.29 is 4.74 Å². The summed E-state index contributed by atoms with van der Waals surface area (Å²) in [4.78, 5) is 3.18. The molecule has 0 atom stereocenters. The second-order valence-corrected chi connectivity index (χ2v) is 5.10. The van der Waals surface area contributed by atoms with Crippen molar-refractivity contribution in [1.29, 1.82) is 0 Å². The Balaban J connectivity index is 1.63. The van der Waals surface area contributed by atoms with Gasteiger partial charge in [0.2, 0.25) is 0 Å². The van der Waals surface area contributed by atoms with Crippen LogP contribution in [0.4, 0.5) is 0 Å². The number of benzene rings is 2. The SMILES string of the molecule is Cn1nc(COc2ccc3[nH]ccc3c2)c2ccccc21. The Hall–Kier alpha value is -2.75. The Morgan fingerprint density at radius 3 is 3.00 bits per heavy atom. The number of hydrogen-bond donors (Lipinski definition) is 1. The molecule has 0 bridgehead atoms. The molecule has 2 aromatic heterocycles. The van der Waals surface area contributed by atoms with Gasteiger partial charge in [-0.1, -0.05) is 18.2 Å². The lowest BCUT2D eigenvalue weighted by atomic mass is 10.2. The Bertz CT molecular complexity index is 920. The molecule has 0 saturated heterocycles. The number of rotatable bonds is 3. The highest BCUT2D eigenvalue weighted by Gasteiger charge is 2.08. The molecular weight excluding hydrogens is 262 g/mol. The molecule has 1 N–H and O–H groups in total. The Kier molecular flexibility index (Phi) is 2.67. The Labute approximate surface area is 122 Å². The van der Waals surface area contributed by atoms with E-state index in [1.165, 1.54) is 0 Å². The molecule has 2 aromatic carbocycles. The number of fused-ring (bicyclic) bond motifs is 2. The fourth-order valence-electron chi connectivity index (χ4n) is 2.67. The third-order valence-corrected chi connectivity index (χ3v) is 3.73. The van der Waals surface area contributed by atoms with E-state index < -0.39 is 0 Å². The van der Waals surface area contributed by atoms with Gasteiger partial charge in [-0.3, -0.25) is 4.68 Å². The minimum atomic E-state index is 0.470. The van der Waals surface area contributed by atoms with Crippen molar-refractivity contribution in [2.75, 3.05) is 0 Å². The van der Waals surface area contributed by atoms with Crippen LogP contribution in [0.15, 0.2) is 54.7 Å². The van der Waals surface area contributed by atoms with Gasteiger partial charge < -0.3 is 9.72 Å². The molecule has 0 spiro atoms. The van der Waals surface area contributed by atoms with Crippen LogP contribution in [0.25, 0.3) is 21.8 Å². The molecule has 0 aliphatic carbocycles. The molecule has 0 amide bonds. The molecule has 2 heterocycles. The van der Waals surface area contributed by atoms with Crippen molar-refractivity contribution in [3.8, 4) is 5.75 Å². The summed E-state index contributed by atoms with van der Waals surface area (Å²) in [6, 6.07) is 16.3. The molecule has 0 radical (unpaired) electrons. The molecule has 4 aromatic rings. The first-order valence-corrected chi connectivity index (χ1v) is 6.92. The number of aromatic amines is 1. The molecular formula is C17H15N3O. The van der Waals surface area contributed by atoms with Crippen LogP contribution >= 0.6 is 0 Å². The summed E-state index contributed by atoms with van der Waals surface area (Å²) in [6.07, 6.45) is 1.93. The summed E-state index contributed by atoms with van der Waals surface area (Å²) >= 11 is 0. The van der Waals surface area contributed by atoms with Gasteiger partial charge in [0.15, 0.2) is 0 Å². The standard InChI is InChI=1S/C17H15N3O/c1-20-17-5-3-2-4-14(17)16(19-20)11-21-13-6-7-15-12(10-13)8-9-18-15/h2-10,18H,11H2,1H3. The second kappa shape index (κ2) is 4.66. The van der Waals surface area contributed by atoms with Crippen molar-refractivity contribution in [3.05, 3.63) is 60.4 Å². The van der Waals surface area contributed by atoms with Crippen LogP contribution in [-0.4, -0.2) is 14.8 Å². The van der Waals surface area contributed by atoms with E-state index >= 15 is 0 Å². The maximum atomic E-state index is 5.90. The molecule has 0 unspecified atom stereocenters. The smallest absolute Gasteiger partial charge is 0.133 e. The summed E-state index contributed by atoms with van der Waals surface area (Å²) in [7, 11) is 1.96. The van der Waals surface area contributed by atoms with Gasteiger partial charge in [0.05, 0.1) is 5.52 Å². The number of ether oxygens (including phenoxy) is 1. The van der Waals surface area contributed by atoms with Crippen LogP contribution in [-0.2, 0) is 13.7 Å². The number of para-hydroxylation sites is 1. The zero-order valence-electron chi connectivity index (χ0n) is 11.7. The van der Waals surface area contributed by atoms with Gasteiger partial charge in [0.1, 0.15) is 18.1 Å². The van der Waals surface area contributed by atoms with Crippen molar-refractivity contribution >= 4 is 21.8 Å². The molecule has 104 valence electrons. The molecule has 0 fully saturated rings. The average molecular weight is 277 g/mol. The predicted molar refractivity (Wildman–Crippen MR) is 83.3 cm³/mol. The largest absolute Gasteiger partial charge is 0.487 e. The van der Waals surface area contributed by atoms with E-state index in [9.17, 15) is 0 Å². The summed E-state index contributed by atoms with van der Waals surface area (Å²) < 4.78 is 7.79. The van der Waals surface area contributed by atoms with Crippen LogP contribution < -0.4 is 4.74 Å². The molecule has 21 heavy (non-hydrogen) atoms. The van der Waals surface area contributed by atoms with E-state index in [0.29, 0.717) is 6.61 Å². The highest BCUT2D eigenvalue weighted by molar-refractivity contribution is 5.82. The summed E-state index contributed by atoms with van der Waals surface area (Å²) in [5.41, 5.74) is 3.20. The minimum Gasteiger partial charge on any atom is -0.487 e. The molecule has 4 heteroatoms. The van der Waals surface area contributed by atoms with E-state index in [4.69, 9.17) is 4.74 Å². The topological polar surface area (TPSA) is 42.8 Å². The minimum absolute atomic E-state index is 0.470. The molecule has 0 saturated carbocycles. The molecule has 4 nitrogen and oxygen atoms in total. The summed E-state index contributed by atoms with van der Waals surface area (Å²) in [6.45, 7) is 0.470. The normalized spacial score (nSPS) is 11.3. The number of aromatic nitrogens is 3. The third-order valence-electron chi connectivity index (χ3n) is 3.73. The molecule has 0 aliphatic rings. The second-order valence-electron chi connectivity index (χ2n) is 5.10. The predicted octanol–water partition coefficient (Wildman–Crippen LogP) is 3.63. The van der Waals surface area contributed by atoms with Crippen LogP contribution in [0, 0.1) is 0 Å². The van der Waals surface area contributed by atoms with Gasteiger partial charge in [-0.2, -0.15) is 5.10 Å². The highest BCUT2D eigenvalue weighted by Crippen LogP contribution is 2.22. The first-order valence-electron chi connectivity index (χ1n) is 6.92. The van der Waals surface area contributed by atoms with E-state index in [1.807, 2.05) is 54.3 Å². The van der Waals surface area contributed by atoms with Crippen LogP contribution in [0.1, 0.15) is 5.69 Å². The van der Waals surface area contributed by atoms with Crippen molar-refractivity contribution in [3.63, 3.8) is 0 Å². The monoisotopic (exact) mass is 277 g/mol. The van der Waals surface area contributed by atoms with Gasteiger partial charge >= 0.3 is 0 Å². The number of hydrogen-bond acceptors (Lipinski definition) is 2. The van der Waals surface area contributed by atoms with E-state index in [0.717, 1.165) is 33.2 Å². The fraction of sp³-hybridized carbons (Fsp3) is 0.118. The first kappa shape index (κ1) is 12.0. The average Bonchev–Trinajstić information content (AvgIpc) is 3.10. The van der Waals surface area contributed by atoms with E-state index in [1.54, 1.807) is 0 Å². The highest BCUT2D eigenvalue weighted by atomic mass is 16.5. The summed E-state index contributed by atoms with van der Waals surface area (Å²) in [5.74, 6) is 0.858. The van der Waals surface area contributed by atoms with Crippen molar-refractivity contribution in [2.24, 2.45) is 7.05 Å². The number of nitrogens with one attached hydrogen (secondary N) is 1. The zero-order valence-corrected chi connectivity index (χ0v) is 11.7. The quantitative estimate of drug-likeness (QED) is 0.621. The number of aryl methyl sites for hydroxylation is 1. The lowest BCUT2D eigenvalue weighted by Gasteiger charge is -2.04. The van der Waals surface area contributed by atoms with Gasteiger partial charge in [-0.05, 0) is 30.3 Å².